The van der Waals surface area contributed by atoms with Crippen molar-refractivity contribution in [1.82, 2.24) is 5.32 Å². The molecule has 0 aliphatic rings. The van der Waals surface area contributed by atoms with Gasteiger partial charge in [-0.05, 0) is 35.9 Å². The van der Waals surface area contributed by atoms with Crippen LogP contribution in [0, 0.1) is 0 Å². The summed E-state index contributed by atoms with van der Waals surface area (Å²) in [5.41, 5.74) is 1.75. The van der Waals surface area contributed by atoms with Gasteiger partial charge in [-0.1, -0.05) is 29.8 Å². The van der Waals surface area contributed by atoms with Crippen LogP contribution in [-0.2, 0) is 11.3 Å². The summed E-state index contributed by atoms with van der Waals surface area (Å²) in [7, 11) is 1.63. The zero-order chi connectivity index (χ0) is 15.1. The summed E-state index contributed by atoms with van der Waals surface area (Å²) in [5, 5.41) is 6.46. The maximum Gasteiger partial charge on any atom is 0.238 e. The first kappa shape index (κ1) is 15.4. The first-order valence-electron chi connectivity index (χ1n) is 6.56. The number of benzene rings is 2. The highest BCUT2D eigenvalue weighted by atomic mass is 35.5. The molecule has 5 heteroatoms. The zero-order valence-corrected chi connectivity index (χ0v) is 12.5. The van der Waals surface area contributed by atoms with Crippen molar-refractivity contribution in [3.05, 3.63) is 59.1 Å². The van der Waals surface area contributed by atoms with E-state index in [4.69, 9.17) is 16.3 Å². The summed E-state index contributed by atoms with van der Waals surface area (Å²) in [6, 6.07) is 14.8. The van der Waals surface area contributed by atoms with Crippen LogP contribution in [0.4, 0.5) is 5.69 Å². The van der Waals surface area contributed by atoms with Gasteiger partial charge in [0, 0.05) is 17.3 Å². The smallest absolute Gasteiger partial charge is 0.238 e. The normalized spacial score (nSPS) is 10.2. The lowest BCUT2D eigenvalue weighted by atomic mass is 10.2. The van der Waals surface area contributed by atoms with Crippen LogP contribution in [0.25, 0.3) is 0 Å². The number of ether oxygens (including phenoxy) is 1. The molecule has 0 aliphatic carbocycles. The molecule has 2 rings (SSSR count). The van der Waals surface area contributed by atoms with E-state index in [2.05, 4.69) is 10.6 Å². The van der Waals surface area contributed by atoms with Gasteiger partial charge in [0.05, 0.1) is 13.7 Å². The molecular formula is C16H17ClN2O2. The Labute approximate surface area is 129 Å². The standard InChI is InChI=1S/C16H17ClN2O2/c1-21-15-7-2-4-12(8-15)10-18-11-16(20)19-14-6-3-5-13(17)9-14/h2-9,18H,10-11H2,1H3,(H,19,20). The Morgan fingerprint density at radius 1 is 1.19 bits per heavy atom. The lowest BCUT2D eigenvalue weighted by molar-refractivity contribution is -0.115. The van der Waals surface area contributed by atoms with E-state index in [-0.39, 0.29) is 12.5 Å². The Kier molecular flexibility index (Phi) is 5.60. The van der Waals surface area contributed by atoms with Crippen molar-refractivity contribution >= 4 is 23.2 Å². The van der Waals surface area contributed by atoms with E-state index in [0.717, 1.165) is 11.3 Å². The third-order valence-electron chi connectivity index (χ3n) is 2.86. The third kappa shape index (κ3) is 5.10. The molecule has 2 aromatic carbocycles. The second kappa shape index (κ2) is 7.67. The molecule has 0 aliphatic heterocycles. The Morgan fingerprint density at radius 3 is 2.76 bits per heavy atom. The minimum Gasteiger partial charge on any atom is -0.497 e. The summed E-state index contributed by atoms with van der Waals surface area (Å²) in [6.07, 6.45) is 0. The molecule has 2 aromatic rings. The van der Waals surface area contributed by atoms with Gasteiger partial charge in [0.15, 0.2) is 0 Å². The molecule has 0 spiro atoms. The number of anilines is 1. The van der Waals surface area contributed by atoms with Crippen molar-refractivity contribution in [3.63, 3.8) is 0 Å². The molecule has 21 heavy (non-hydrogen) atoms. The molecule has 0 heterocycles. The fourth-order valence-electron chi connectivity index (χ4n) is 1.87. The zero-order valence-electron chi connectivity index (χ0n) is 11.7. The number of rotatable bonds is 6. The molecule has 0 bridgehead atoms. The molecule has 0 saturated carbocycles. The number of hydrogen-bond donors (Lipinski definition) is 2. The second-order valence-corrected chi connectivity index (χ2v) is 4.95. The van der Waals surface area contributed by atoms with Crippen molar-refractivity contribution < 1.29 is 9.53 Å². The molecule has 0 aromatic heterocycles. The van der Waals surface area contributed by atoms with Gasteiger partial charge in [0.25, 0.3) is 0 Å². The second-order valence-electron chi connectivity index (χ2n) is 4.51. The third-order valence-corrected chi connectivity index (χ3v) is 3.09. The number of halogens is 1. The lowest BCUT2D eigenvalue weighted by Gasteiger charge is -2.08. The molecule has 0 radical (unpaired) electrons. The lowest BCUT2D eigenvalue weighted by Crippen LogP contribution is -2.27. The van der Waals surface area contributed by atoms with Crippen LogP contribution in [0.5, 0.6) is 5.75 Å². The van der Waals surface area contributed by atoms with Crippen LogP contribution in [-0.4, -0.2) is 19.6 Å². The van der Waals surface area contributed by atoms with E-state index in [1.54, 1.807) is 31.4 Å². The Balaban J connectivity index is 1.79. The van der Waals surface area contributed by atoms with Crippen LogP contribution >= 0.6 is 11.6 Å². The Bertz CT molecular complexity index is 617. The average Bonchev–Trinajstić information content (AvgIpc) is 2.47. The predicted molar refractivity (Wildman–Crippen MR) is 84.8 cm³/mol. The highest BCUT2D eigenvalue weighted by molar-refractivity contribution is 6.30. The van der Waals surface area contributed by atoms with Crippen molar-refractivity contribution in [2.24, 2.45) is 0 Å². The molecule has 0 unspecified atom stereocenters. The van der Waals surface area contributed by atoms with Crippen LogP contribution in [0.15, 0.2) is 48.5 Å². The van der Waals surface area contributed by atoms with E-state index in [0.29, 0.717) is 17.3 Å². The quantitative estimate of drug-likeness (QED) is 0.862. The maximum absolute atomic E-state index is 11.8. The van der Waals surface area contributed by atoms with Gasteiger partial charge in [-0.25, -0.2) is 0 Å². The molecule has 0 fully saturated rings. The van der Waals surface area contributed by atoms with E-state index in [1.807, 2.05) is 24.3 Å². The van der Waals surface area contributed by atoms with Gasteiger partial charge in [-0.3, -0.25) is 4.79 Å². The molecule has 0 saturated heterocycles. The summed E-state index contributed by atoms with van der Waals surface area (Å²) in [4.78, 5) is 11.8. The maximum atomic E-state index is 11.8. The van der Waals surface area contributed by atoms with Gasteiger partial charge in [0.2, 0.25) is 5.91 Å². The fourth-order valence-corrected chi connectivity index (χ4v) is 2.06. The molecular weight excluding hydrogens is 288 g/mol. The highest BCUT2D eigenvalue weighted by Crippen LogP contribution is 2.14. The highest BCUT2D eigenvalue weighted by Gasteiger charge is 2.03. The molecule has 110 valence electrons. The summed E-state index contributed by atoms with van der Waals surface area (Å²) in [6.45, 7) is 0.823. The van der Waals surface area contributed by atoms with Gasteiger partial charge in [-0.15, -0.1) is 0 Å². The molecule has 4 nitrogen and oxygen atoms in total. The number of carbonyl (C=O) groups excluding carboxylic acids is 1. The van der Waals surface area contributed by atoms with Crippen molar-refractivity contribution in [1.29, 1.82) is 0 Å². The van der Waals surface area contributed by atoms with Gasteiger partial charge >= 0.3 is 0 Å². The number of amides is 1. The van der Waals surface area contributed by atoms with Crippen LogP contribution in [0.1, 0.15) is 5.56 Å². The Hall–Kier alpha value is -2.04. The number of hydrogen-bond acceptors (Lipinski definition) is 3. The number of methoxy groups -OCH3 is 1. The average molecular weight is 305 g/mol. The summed E-state index contributed by atoms with van der Waals surface area (Å²) >= 11 is 5.86. The SMILES string of the molecule is COc1cccc(CNCC(=O)Nc2cccc(Cl)c2)c1. The first-order valence-corrected chi connectivity index (χ1v) is 6.94. The minimum atomic E-state index is -0.111. The molecule has 1 amide bonds. The van der Waals surface area contributed by atoms with E-state index in [9.17, 15) is 4.79 Å². The van der Waals surface area contributed by atoms with Gasteiger partial charge in [-0.2, -0.15) is 0 Å². The summed E-state index contributed by atoms with van der Waals surface area (Å²) < 4.78 is 5.15. The van der Waals surface area contributed by atoms with E-state index in [1.165, 1.54) is 0 Å². The largest absolute Gasteiger partial charge is 0.497 e. The van der Waals surface area contributed by atoms with Crippen LogP contribution in [0.2, 0.25) is 5.02 Å². The molecule has 2 N–H and O–H groups in total. The van der Waals surface area contributed by atoms with Gasteiger partial charge in [0.1, 0.15) is 5.75 Å². The van der Waals surface area contributed by atoms with Crippen molar-refractivity contribution in [2.75, 3.05) is 19.0 Å². The van der Waals surface area contributed by atoms with Crippen molar-refractivity contribution in [3.8, 4) is 5.75 Å². The number of carbonyl (C=O) groups is 1. The predicted octanol–water partition coefficient (Wildman–Crippen LogP) is 3.08. The number of nitrogens with one attached hydrogen (secondary N) is 2. The topological polar surface area (TPSA) is 50.4 Å². The molecule has 0 atom stereocenters. The van der Waals surface area contributed by atoms with E-state index >= 15 is 0 Å². The van der Waals surface area contributed by atoms with Crippen LogP contribution in [0.3, 0.4) is 0 Å². The minimum absolute atomic E-state index is 0.111. The van der Waals surface area contributed by atoms with Gasteiger partial charge < -0.3 is 15.4 Å². The summed E-state index contributed by atoms with van der Waals surface area (Å²) in [5.74, 6) is 0.692. The van der Waals surface area contributed by atoms with E-state index < -0.39 is 0 Å². The Morgan fingerprint density at radius 2 is 2.00 bits per heavy atom. The first-order chi connectivity index (χ1) is 10.2. The fraction of sp³-hybridized carbons (Fsp3) is 0.188. The van der Waals surface area contributed by atoms with Crippen LogP contribution < -0.4 is 15.4 Å². The monoisotopic (exact) mass is 304 g/mol. The van der Waals surface area contributed by atoms with Crippen molar-refractivity contribution in [2.45, 2.75) is 6.54 Å².